The molecule has 1 saturated carbocycles. The Bertz CT molecular complexity index is 417. The van der Waals surface area contributed by atoms with Gasteiger partial charge >= 0.3 is 0 Å². The first-order valence-corrected chi connectivity index (χ1v) is 7.65. The van der Waals surface area contributed by atoms with Crippen molar-refractivity contribution in [1.82, 2.24) is 0 Å². The maximum absolute atomic E-state index is 6.58. The monoisotopic (exact) mass is 247 g/mol. The highest BCUT2D eigenvalue weighted by molar-refractivity contribution is 7.99. The maximum Gasteiger partial charge on any atom is 0.0163 e. The molecule has 3 rings (SSSR count). The average Bonchev–Trinajstić information content (AvgIpc) is 2.85. The van der Waals surface area contributed by atoms with Crippen LogP contribution < -0.4 is 5.73 Å². The minimum atomic E-state index is 0.113. The number of hydrogen-bond donors (Lipinski definition) is 1. The quantitative estimate of drug-likeness (QED) is 0.860. The van der Waals surface area contributed by atoms with E-state index in [0.29, 0.717) is 5.92 Å². The second-order valence-electron chi connectivity index (χ2n) is 5.96. The lowest BCUT2D eigenvalue weighted by atomic mass is 9.84. The summed E-state index contributed by atoms with van der Waals surface area (Å²) in [5.74, 6) is 2.74. The molecule has 2 N–H and O–H groups in total. The largest absolute Gasteiger partial charge is 0.325 e. The molecule has 3 unspecified atom stereocenters. The van der Waals surface area contributed by atoms with Crippen LogP contribution in [0.4, 0.5) is 0 Å². The van der Waals surface area contributed by atoms with E-state index in [1.165, 1.54) is 36.3 Å². The first kappa shape index (κ1) is 11.6. The van der Waals surface area contributed by atoms with Crippen LogP contribution in [0.25, 0.3) is 0 Å². The molecule has 1 aromatic carbocycles. The summed E-state index contributed by atoms with van der Waals surface area (Å²) in [6.45, 7) is 2.34. The first-order chi connectivity index (χ1) is 8.16. The molecule has 0 bridgehead atoms. The average molecular weight is 247 g/mol. The van der Waals surface area contributed by atoms with Crippen molar-refractivity contribution < 1.29 is 0 Å². The molecular weight excluding hydrogens is 226 g/mol. The lowest BCUT2D eigenvalue weighted by Crippen LogP contribution is -2.38. The van der Waals surface area contributed by atoms with Gasteiger partial charge in [0.05, 0.1) is 0 Å². The summed E-state index contributed by atoms with van der Waals surface area (Å²) in [5.41, 5.74) is 8.23. The van der Waals surface area contributed by atoms with E-state index in [4.69, 9.17) is 5.73 Å². The van der Waals surface area contributed by atoms with Crippen LogP contribution in [0, 0.1) is 5.92 Å². The zero-order valence-electron chi connectivity index (χ0n) is 10.5. The minimum Gasteiger partial charge on any atom is -0.325 e. The Morgan fingerprint density at radius 2 is 2.24 bits per heavy atom. The lowest BCUT2D eigenvalue weighted by molar-refractivity contribution is 0.368. The van der Waals surface area contributed by atoms with Crippen LogP contribution in [0.5, 0.6) is 0 Å². The predicted molar refractivity (Wildman–Crippen MR) is 74.5 cm³/mol. The predicted octanol–water partition coefficient (Wildman–Crippen LogP) is 3.78. The van der Waals surface area contributed by atoms with Crippen LogP contribution in [0.15, 0.2) is 29.2 Å². The van der Waals surface area contributed by atoms with Crippen LogP contribution >= 0.6 is 11.8 Å². The lowest BCUT2D eigenvalue weighted by Gasteiger charge is -2.27. The molecule has 1 nitrogen and oxygen atoms in total. The van der Waals surface area contributed by atoms with E-state index in [-0.39, 0.29) is 5.54 Å². The van der Waals surface area contributed by atoms with Crippen molar-refractivity contribution >= 4 is 11.8 Å². The van der Waals surface area contributed by atoms with Gasteiger partial charge < -0.3 is 5.73 Å². The molecule has 2 aliphatic rings. The summed E-state index contributed by atoms with van der Waals surface area (Å²) in [7, 11) is 0. The Balaban J connectivity index is 1.75. The molecule has 0 aromatic heterocycles. The molecule has 0 spiro atoms. The van der Waals surface area contributed by atoms with Gasteiger partial charge in [-0.05, 0) is 49.1 Å². The smallest absolute Gasteiger partial charge is 0.0163 e. The van der Waals surface area contributed by atoms with Gasteiger partial charge in [0.15, 0.2) is 0 Å². The second-order valence-corrected chi connectivity index (χ2v) is 7.02. The number of nitrogens with two attached hydrogens (primary N) is 1. The highest BCUT2D eigenvalue weighted by Crippen LogP contribution is 2.46. The fourth-order valence-corrected chi connectivity index (χ4v) is 4.76. The third-order valence-corrected chi connectivity index (χ3v) is 5.59. The van der Waals surface area contributed by atoms with Gasteiger partial charge in [-0.25, -0.2) is 0 Å². The molecule has 1 fully saturated rings. The van der Waals surface area contributed by atoms with Gasteiger partial charge in [-0.2, -0.15) is 0 Å². The van der Waals surface area contributed by atoms with E-state index < -0.39 is 0 Å². The van der Waals surface area contributed by atoms with Gasteiger partial charge in [-0.1, -0.05) is 25.1 Å². The van der Waals surface area contributed by atoms with Gasteiger partial charge in [0, 0.05) is 16.2 Å². The minimum absolute atomic E-state index is 0.113. The third-order valence-electron chi connectivity index (χ3n) is 4.34. The zero-order chi connectivity index (χ0) is 11.9. The molecule has 1 aliphatic heterocycles. The van der Waals surface area contributed by atoms with Crippen molar-refractivity contribution in [1.29, 1.82) is 0 Å². The van der Waals surface area contributed by atoms with Crippen molar-refractivity contribution in [2.24, 2.45) is 11.7 Å². The Morgan fingerprint density at radius 3 is 3.00 bits per heavy atom. The van der Waals surface area contributed by atoms with Crippen LogP contribution in [0.1, 0.15) is 44.1 Å². The summed E-state index contributed by atoms with van der Waals surface area (Å²) >= 11 is 2.00. The molecule has 1 heterocycles. The standard InChI is InChI=1S/C15H21NS/c1-11-6-7-15(16,8-11)9-12-10-17-14-5-3-2-4-13(12)14/h2-5,11-12H,6-10,16H2,1H3. The summed E-state index contributed by atoms with van der Waals surface area (Å²) in [5, 5.41) is 0. The molecule has 2 heteroatoms. The molecule has 0 amide bonds. The van der Waals surface area contributed by atoms with Crippen molar-refractivity contribution in [3.8, 4) is 0 Å². The number of thioether (sulfide) groups is 1. The number of fused-ring (bicyclic) bond motifs is 1. The Morgan fingerprint density at radius 1 is 1.41 bits per heavy atom. The van der Waals surface area contributed by atoms with Crippen molar-refractivity contribution in [2.75, 3.05) is 5.75 Å². The Hall–Kier alpha value is -0.470. The number of rotatable bonds is 2. The summed E-state index contributed by atoms with van der Waals surface area (Å²) in [6, 6.07) is 8.85. The SMILES string of the molecule is CC1CCC(N)(CC2CSc3ccccc32)C1. The molecule has 0 radical (unpaired) electrons. The van der Waals surface area contributed by atoms with Gasteiger partial charge in [-0.3, -0.25) is 0 Å². The van der Waals surface area contributed by atoms with Crippen LogP contribution in [-0.2, 0) is 0 Å². The zero-order valence-corrected chi connectivity index (χ0v) is 11.3. The Kier molecular flexibility index (Phi) is 2.95. The van der Waals surface area contributed by atoms with E-state index in [9.17, 15) is 0 Å². The van der Waals surface area contributed by atoms with Gasteiger partial charge in [0.25, 0.3) is 0 Å². The van der Waals surface area contributed by atoms with Gasteiger partial charge in [0.1, 0.15) is 0 Å². The molecular formula is C15H21NS. The topological polar surface area (TPSA) is 26.0 Å². The molecule has 1 aromatic rings. The highest BCUT2D eigenvalue weighted by Gasteiger charge is 2.37. The molecule has 3 atom stereocenters. The fourth-order valence-electron chi connectivity index (χ4n) is 3.51. The normalized spacial score (nSPS) is 36.1. The van der Waals surface area contributed by atoms with Gasteiger partial charge in [-0.15, -0.1) is 11.8 Å². The number of benzene rings is 1. The molecule has 92 valence electrons. The van der Waals surface area contributed by atoms with Crippen LogP contribution in [-0.4, -0.2) is 11.3 Å². The number of hydrogen-bond acceptors (Lipinski definition) is 2. The summed E-state index contributed by atoms with van der Waals surface area (Å²) in [4.78, 5) is 1.48. The van der Waals surface area contributed by atoms with E-state index in [1.54, 1.807) is 5.56 Å². The summed E-state index contributed by atoms with van der Waals surface area (Å²) < 4.78 is 0. The fraction of sp³-hybridized carbons (Fsp3) is 0.600. The molecule has 0 saturated heterocycles. The summed E-state index contributed by atoms with van der Waals surface area (Å²) in [6.07, 6.45) is 4.94. The highest BCUT2D eigenvalue weighted by atomic mass is 32.2. The van der Waals surface area contributed by atoms with Gasteiger partial charge in [0.2, 0.25) is 0 Å². The van der Waals surface area contributed by atoms with Crippen molar-refractivity contribution in [3.63, 3.8) is 0 Å². The second kappa shape index (κ2) is 4.33. The van der Waals surface area contributed by atoms with E-state index >= 15 is 0 Å². The van der Waals surface area contributed by atoms with Crippen molar-refractivity contribution in [3.05, 3.63) is 29.8 Å². The van der Waals surface area contributed by atoms with Crippen LogP contribution in [0.2, 0.25) is 0 Å². The van der Waals surface area contributed by atoms with E-state index in [1.807, 2.05) is 11.8 Å². The van der Waals surface area contributed by atoms with Crippen molar-refractivity contribution in [2.45, 2.75) is 49.0 Å². The Labute approximate surface area is 108 Å². The maximum atomic E-state index is 6.58. The van der Waals surface area contributed by atoms with E-state index in [2.05, 4.69) is 31.2 Å². The first-order valence-electron chi connectivity index (χ1n) is 6.67. The van der Waals surface area contributed by atoms with Crippen LogP contribution in [0.3, 0.4) is 0 Å². The molecule has 17 heavy (non-hydrogen) atoms. The van der Waals surface area contributed by atoms with E-state index in [0.717, 1.165) is 5.92 Å². The third kappa shape index (κ3) is 2.25. The molecule has 1 aliphatic carbocycles.